The van der Waals surface area contributed by atoms with Gasteiger partial charge in [-0.05, 0) is 31.6 Å². The Morgan fingerprint density at radius 2 is 1.90 bits per heavy atom. The predicted molar refractivity (Wildman–Crippen MR) is 81.9 cm³/mol. The summed E-state index contributed by atoms with van der Waals surface area (Å²) < 4.78 is -0.148. The highest BCUT2D eigenvalue weighted by molar-refractivity contribution is 8.18. The Hall–Kier alpha value is -0.600. The maximum absolute atomic E-state index is 10.4. The van der Waals surface area contributed by atoms with E-state index in [9.17, 15) is 15.0 Å². The van der Waals surface area contributed by atoms with E-state index in [1.165, 1.54) is 0 Å². The van der Waals surface area contributed by atoms with Crippen molar-refractivity contribution in [3.05, 3.63) is 10.4 Å². The van der Waals surface area contributed by atoms with Crippen LogP contribution < -0.4 is 0 Å². The summed E-state index contributed by atoms with van der Waals surface area (Å²) in [6.45, 7) is 3.85. The van der Waals surface area contributed by atoms with E-state index in [1.54, 1.807) is 23.5 Å². The third-order valence-corrected chi connectivity index (χ3v) is 5.35. The van der Waals surface area contributed by atoms with Crippen LogP contribution in [0.1, 0.15) is 26.7 Å². The van der Waals surface area contributed by atoms with Crippen molar-refractivity contribution in [2.75, 3.05) is 18.1 Å². The molecule has 0 heterocycles. The molecule has 0 rings (SSSR count). The maximum atomic E-state index is 10.4. The highest BCUT2D eigenvalue weighted by Gasteiger charge is 2.21. The van der Waals surface area contributed by atoms with Crippen LogP contribution in [-0.2, 0) is 4.79 Å². The van der Waals surface area contributed by atoms with E-state index in [2.05, 4.69) is 10.0 Å². The van der Waals surface area contributed by atoms with Gasteiger partial charge >= 0.3 is 5.97 Å². The van der Waals surface area contributed by atoms with E-state index >= 15 is 0 Å². The van der Waals surface area contributed by atoms with Crippen molar-refractivity contribution >= 4 is 29.5 Å². The van der Waals surface area contributed by atoms with Gasteiger partial charge in [0.05, 0.1) is 29.3 Å². The first-order chi connectivity index (χ1) is 9.28. The summed E-state index contributed by atoms with van der Waals surface area (Å²) in [7, 11) is 0. The first kappa shape index (κ1) is 19.4. The second-order valence-corrected chi connectivity index (χ2v) is 8.27. The summed E-state index contributed by atoms with van der Waals surface area (Å²) in [6.07, 6.45) is -1.46. The lowest BCUT2D eigenvalue weighted by atomic mass is 10.1. The molecular weight excluding hydrogens is 302 g/mol. The smallest absolute Gasteiger partial charge is 0.304 e. The molecule has 0 aromatic carbocycles. The van der Waals surface area contributed by atoms with Crippen LogP contribution >= 0.6 is 23.5 Å². The Bertz CT molecular complexity index is 349. The molecule has 0 amide bonds. The number of nitrogens with zero attached hydrogens (tertiary/aromatic N) is 3. The second-order valence-electron chi connectivity index (χ2n) is 4.58. The van der Waals surface area contributed by atoms with E-state index < -0.39 is 18.2 Å². The molecule has 0 fully saturated rings. The Morgan fingerprint density at radius 1 is 1.30 bits per heavy atom. The quantitative estimate of drug-likeness (QED) is 0.231. The molecule has 0 saturated heterocycles. The largest absolute Gasteiger partial charge is 0.481 e. The van der Waals surface area contributed by atoms with Gasteiger partial charge in [0.25, 0.3) is 0 Å². The lowest BCUT2D eigenvalue weighted by Crippen LogP contribution is -2.29. The first-order valence-electron chi connectivity index (χ1n) is 6.15. The molecule has 7 nitrogen and oxygen atoms in total. The predicted octanol–water partition coefficient (Wildman–Crippen LogP) is 2.09. The first-order valence-corrected chi connectivity index (χ1v) is 8.12. The Labute approximate surface area is 126 Å². The molecule has 0 spiro atoms. The average Bonchev–Trinajstić information content (AvgIpc) is 2.34. The fourth-order valence-corrected chi connectivity index (χ4v) is 3.74. The molecule has 20 heavy (non-hydrogen) atoms. The molecule has 2 atom stereocenters. The van der Waals surface area contributed by atoms with E-state index in [4.69, 9.17) is 10.6 Å². The Kier molecular flexibility index (Phi) is 9.87. The van der Waals surface area contributed by atoms with Crippen molar-refractivity contribution in [1.29, 1.82) is 0 Å². The van der Waals surface area contributed by atoms with Gasteiger partial charge in [-0.3, -0.25) is 4.79 Å². The summed E-state index contributed by atoms with van der Waals surface area (Å²) >= 11 is 3.15. The van der Waals surface area contributed by atoms with Crippen molar-refractivity contribution in [1.82, 2.24) is 0 Å². The van der Waals surface area contributed by atoms with Gasteiger partial charge in [-0.25, -0.2) is 0 Å². The molecule has 0 saturated carbocycles. The fraction of sp³-hybridized carbons (Fsp3) is 0.909. The molecule has 0 aliphatic rings. The summed E-state index contributed by atoms with van der Waals surface area (Å²) in [5.74, 6) is 0.355. The lowest BCUT2D eigenvalue weighted by Gasteiger charge is -2.24. The molecule has 0 aliphatic carbocycles. The van der Waals surface area contributed by atoms with Gasteiger partial charge in [-0.15, -0.1) is 23.5 Å². The van der Waals surface area contributed by atoms with E-state index in [0.29, 0.717) is 17.9 Å². The van der Waals surface area contributed by atoms with Crippen molar-refractivity contribution in [3.8, 4) is 0 Å². The lowest BCUT2D eigenvalue weighted by molar-refractivity contribution is -0.136. The topological polar surface area (TPSA) is 127 Å². The number of hydrogen-bond donors (Lipinski definition) is 3. The molecule has 0 aromatic rings. The number of aliphatic carboxylic acids is 1. The van der Waals surface area contributed by atoms with Crippen molar-refractivity contribution in [2.45, 2.75) is 43.0 Å². The summed E-state index contributed by atoms with van der Waals surface area (Å²) in [4.78, 5) is 13.0. The minimum Gasteiger partial charge on any atom is -0.481 e. The van der Waals surface area contributed by atoms with Crippen LogP contribution in [0.3, 0.4) is 0 Å². The SMILES string of the molecule is CC(C)(SCCC(=O)O)SCCC(O)C(O)CN=[N+]=[N-]. The zero-order valence-electron chi connectivity index (χ0n) is 11.6. The van der Waals surface area contributed by atoms with E-state index in [-0.39, 0.29) is 17.0 Å². The fourth-order valence-electron chi connectivity index (χ4n) is 1.29. The average molecular weight is 323 g/mol. The molecule has 0 aliphatic heterocycles. The summed E-state index contributed by atoms with van der Waals surface area (Å²) in [5.41, 5.74) is 8.12. The van der Waals surface area contributed by atoms with Gasteiger partial charge in [-0.1, -0.05) is 5.11 Å². The zero-order valence-corrected chi connectivity index (χ0v) is 13.2. The number of carboxylic acids is 1. The maximum Gasteiger partial charge on any atom is 0.304 e. The zero-order chi connectivity index (χ0) is 15.6. The minimum atomic E-state index is -1.05. The van der Waals surface area contributed by atoms with Crippen LogP contribution in [0.15, 0.2) is 5.11 Å². The van der Waals surface area contributed by atoms with Gasteiger partial charge < -0.3 is 15.3 Å². The highest BCUT2D eigenvalue weighted by Crippen LogP contribution is 2.37. The minimum absolute atomic E-state index is 0.127. The summed E-state index contributed by atoms with van der Waals surface area (Å²) in [5, 5.41) is 30.9. The van der Waals surface area contributed by atoms with Gasteiger partial charge in [0, 0.05) is 10.7 Å². The number of aliphatic hydroxyl groups is 2. The molecular formula is C11H21N3O4S2. The number of azide groups is 1. The second kappa shape index (κ2) is 10.2. The molecule has 9 heteroatoms. The summed E-state index contributed by atoms with van der Waals surface area (Å²) in [6, 6.07) is 0. The molecule has 2 unspecified atom stereocenters. The normalized spacial score (nSPS) is 14.4. The number of carbonyl (C=O) groups is 1. The number of rotatable bonds is 11. The van der Waals surface area contributed by atoms with Gasteiger partial charge in [-0.2, -0.15) is 0 Å². The van der Waals surface area contributed by atoms with Crippen LogP contribution in [0.5, 0.6) is 0 Å². The van der Waals surface area contributed by atoms with Crippen LogP contribution in [0.4, 0.5) is 0 Å². The van der Waals surface area contributed by atoms with Crippen LogP contribution in [0, 0.1) is 0 Å². The van der Waals surface area contributed by atoms with E-state index in [0.717, 1.165) is 0 Å². The van der Waals surface area contributed by atoms with Crippen molar-refractivity contribution < 1.29 is 20.1 Å². The highest BCUT2D eigenvalue weighted by atomic mass is 32.2. The molecule has 0 aromatic heterocycles. The monoisotopic (exact) mass is 323 g/mol. The van der Waals surface area contributed by atoms with Gasteiger partial charge in [0.2, 0.25) is 0 Å². The number of hydrogen-bond acceptors (Lipinski definition) is 6. The van der Waals surface area contributed by atoms with Crippen molar-refractivity contribution in [3.63, 3.8) is 0 Å². The molecule has 116 valence electrons. The van der Waals surface area contributed by atoms with Crippen molar-refractivity contribution in [2.24, 2.45) is 5.11 Å². The van der Waals surface area contributed by atoms with Crippen LogP contribution in [0.2, 0.25) is 0 Å². The number of carboxylic acid groups (broad SMARTS) is 1. The van der Waals surface area contributed by atoms with Gasteiger partial charge in [0.15, 0.2) is 0 Å². The third-order valence-electron chi connectivity index (χ3n) is 2.40. The number of aliphatic hydroxyl groups excluding tert-OH is 2. The molecule has 0 radical (unpaired) electrons. The Balaban J connectivity index is 3.90. The van der Waals surface area contributed by atoms with E-state index in [1.807, 2.05) is 13.8 Å². The van der Waals surface area contributed by atoms with Crippen LogP contribution in [-0.4, -0.2) is 55.6 Å². The number of thioether (sulfide) groups is 2. The Morgan fingerprint density at radius 3 is 2.45 bits per heavy atom. The van der Waals surface area contributed by atoms with Crippen LogP contribution in [0.25, 0.3) is 10.4 Å². The third kappa shape index (κ3) is 10.2. The molecule has 0 bridgehead atoms. The van der Waals surface area contributed by atoms with Gasteiger partial charge in [0.1, 0.15) is 0 Å². The molecule has 3 N–H and O–H groups in total. The standard InChI is InChI=1S/C11H21N3O4S2/c1-11(2,20-6-4-10(17)18)19-5-3-8(15)9(16)7-13-14-12/h8-9,15-16H,3-7H2,1-2H3,(H,17,18).